The molecule has 21 heteroatoms. The summed E-state index contributed by atoms with van der Waals surface area (Å²) in [7, 11) is 0. The lowest BCUT2D eigenvalue weighted by atomic mass is 9.33. The Morgan fingerprint density at radius 2 is 1.26 bits per heavy atom. The van der Waals surface area contributed by atoms with E-state index in [2.05, 4.69) is 54.5 Å². The molecule has 4 aliphatic heterocycles. The Bertz CT molecular complexity index is 2040. The molecule has 0 spiro atoms. The summed E-state index contributed by atoms with van der Waals surface area (Å²) in [6, 6.07) is 0. The minimum atomic E-state index is -1.82. The summed E-state index contributed by atoms with van der Waals surface area (Å²) < 4.78 is 47.8. The van der Waals surface area contributed by atoms with Crippen LogP contribution in [0.15, 0.2) is 11.6 Å². The highest BCUT2D eigenvalue weighted by molar-refractivity contribution is 5.79. The molecule has 74 heavy (non-hydrogen) atoms. The number of fused-ring (bicyclic) bond motifs is 7. The molecule has 424 valence electrons. The Balaban J connectivity index is 0.920. The zero-order valence-corrected chi connectivity index (χ0v) is 44.1. The number of carbonyl (C=O) groups excluding carboxylic acids is 1. The number of carbonyl (C=O) groups is 1. The lowest BCUT2D eigenvalue weighted by Gasteiger charge is -2.71. The molecule has 9 rings (SSSR count). The molecule has 5 aliphatic carbocycles. The van der Waals surface area contributed by atoms with Crippen LogP contribution in [-0.4, -0.2) is 210 Å². The summed E-state index contributed by atoms with van der Waals surface area (Å²) in [5.41, 5.74) is -0.885. The van der Waals surface area contributed by atoms with Gasteiger partial charge in [-0.2, -0.15) is 0 Å². The lowest BCUT2D eigenvalue weighted by Crippen LogP contribution is -2.66. The van der Waals surface area contributed by atoms with Gasteiger partial charge in [-0.25, -0.2) is 0 Å². The first-order valence-corrected chi connectivity index (χ1v) is 27.1. The second-order valence-corrected chi connectivity index (χ2v) is 25.8. The van der Waals surface area contributed by atoms with E-state index in [9.17, 15) is 61.3 Å². The fourth-order valence-electron chi connectivity index (χ4n) is 16.1. The molecule has 2 unspecified atom stereocenters. The number of esters is 1. The molecule has 0 aromatic carbocycles. The quantitative estimate of drug-likeness (QED) is 0.0755. The van der Waals surface area contributed by atoms with E-state index in [1.165, 1.54) is 12.5 Å². The highest BCUT2D eigenvalue weighted by atomic mass is 16.8. The predicted molar refractivity (Wildman–Crippen MR) is 255 cm³/mol. The second kappa shape index (κ2) is 20.5. The van der Waals surface area contributed by atoms with Crippen molar-refractivity contribution in [3.05, 3.63) is 11.6 Å². The molecular formula is C53H86O21. The van der Waals surface area contributed by atoms with Crippen LogP contribution in [0.4, 0.5) is 0 Å². The summed E-state index contributed by atoms with van der Waals surface area (Å²) in [5.74, 6) is -0.319. The van der Waals surface area contributed by atoms with Crippen LogP contribution < -0.4 is 0 Å². The summed E-state index contributed by atoms with van der Waals surface area (Å²) in [6.07, 6.45) is -19.2. The van der Waals surface area contributed by atoms with Crippen LogP contribution in [0.3, 0.4) is 0 Å². The Morgan fingerprint density at radius 1 is 0.635 bits per heavy atom. The van der Waals surface area contributed by atoms with Crippen LogP contribution in [0.25, 0.3) is 0 Å². The lowest BCUT2D eigenvalue weighted by molar-refractivity contribution is -0.364. The average molecular weight is 1060 g/mol. The van der Waals surface area contributed by atoms with Crippen molar-refractivity contribution in [2.24, 2.45) is 50.2 Å². The van der Waals surface area contributed by atoms with E-state index in [1.807, 2.05) is 0 Å². The molecule has 0 radical (unpaired) electrons. The summed E-state index contributed by atoms with van der Waals surface area (Å²) in [4.78, 5) is 15.1. The number of rotatable bonds is 10. The molecule has 0 aromatic heterocycles. The van der Waals surface area contributed by atoms with E-state index in [0.717, 1.165) is 32.1 Å². The van der Waals surface area contributed by atoms with E-state index in [0.29, 0.717) is 32.1 Å². The summed E-state index contributed by atoms with van der Waals surface area (Å²) >= 11 is 0. The van der Waals surface area contributed by atoms with Crippen molar-refractivity contribution in [3.63, 3.8) is 0 Å². The van der Waals surface area contributed by atoms with Gasteiger partial charge in [-0.1, -0.05) is 60.1 Å². The highest BCUT2D eigenvalue weighted by Crippen LogP contribution is 2.76. The number of aliphatic hydroxyl groups is 12. The molecule has 12 N–H and O–H groups in total. The van der Waals surface area contributed by atoms with E-state index >= 15 is 4.79 Å². The van der Waals surface area contributed by atoms with Crippen LogP contribution in [0, 0.1) is 50.2 Å². The van der Waals surface area contributed by atoms with Gasteiger partial charge < -0.3 is 99.2 Å². The fourth-order valence-corrected chi connectivity index (χ4v) is 16.1. The largest absolute Gasteiger partial charge is 0.432 e. The van der Waals surface area contributed by atoms with Crippen molar-refractivity contribution in [2.45, 2.75) is 242 Å². The van der Waals surface area contributed by atoms with Crippen molar-refractivity contribution < 1.29 is 104 Å². The monoisotopic (exact) mass is 1060 g/mol. The SMILES string of the molecule is C[C@@H]1O[C@@H](O[C@H]2[C@@H](O[C@H]3CC[C@@]4(C)C(CC[C@]5(C)[C@@H]4CC=C4C6CC(C)(C)CC[C@]6(C(=O)O[C@@H]6O[C@H](CO[C@@H]7O[C@H](CO)[C@@H](O)[C@H](O)[C@H]7O)[C@@H](O)[C@H](O)[C@H]6O)CC[C@]45C)C3(C)C)OC[C@@H](O)[C@@H]2O)[C@H](O)[C@H](O)[C@H]1O. The zero-order chi connectivity index (χ0) is 54.0. The molecule has 21 nitrogen and oxygen atoms in total. The Hall–Kier alpha value is -1.55. The topological polar surface area (TPSA) is 334 Å². The standard InChI is InChI=1S/C53H86O21/c1-23-32(56)36(60)40(64)44(69-23)73-42-33(57)26(55)21-67-46(42)72-31-12-13-50(6)29(49(31,4)5)11-14-52(8)30(50)10-9-24-25-19-48(2,3)15-17-53(25,18-16-51(24,52)7)47(66)74-45-41(65)38(62)35(59)28(71-45)22-68-43-39(63)37(61)34(58)27(20-54)70-43/h9,23,25-46,54-65H,10-22H2,1-8H3/t23-,25?,26+,27+,28+,29?,30+,31-,32-,33-,34+,35+,36+,37-,38-,39+,40+,41+,42+,43+,44-,45-,46+,50-,51+,52+,53-/m0/s1. The highest BCUT2D eigenvalue weighted by Gasteiger charge is 2.70. The van der Waals surface area contributed by atoms with E-state index in [-0.39, 0.29) is 52.1 Å². The minimum Gasteiger partial charge on any atom is -0.432 e. The normalized spacial score (nSPS) is 54.1. The molecule has 0 aromatic rings. The number of aliphatic hydroxyl groups excluding tert-OH is 12. The predicted octanol–water partition coefficient (Wildman–Crippen LogP) is -0.369. The van der Waals surface area contributed by atoms with Gasteiger partial charge in [0.25, 0.3) is 0 Å². The molecule has 4 heterocycles. The van der Waals surface area contributed by atoms with Gasteiger partial charge in [0, 0.05) is 0 Å². The first-order chi connectivity index (χ1) is 34.6. The van der Waals surface area contributed by atoms with Gasteiger partial charge in [-0.05, 0) is 116 Å². The second-order valence-electron chi connectivity index (χ2n) is 25.8. The minimum absolute atomic E-state index is 0.114. The fraction of sp³-hybridized carbons (Fsp3) is 0.943. The van der Waals surface area contributed by atoms with Crippen molar-refractivity contribution in [2.75, 3.05) is 19.8 Å². The molecule has 9 aliphatic rings. The van der Waals surface area contributed by atoms with E-state index in [4.69, 9.17) is 37.9 Å². The maximum atomic E-state index is 15.1. The maximum absolute atomic E-state index is 15.1. The Labute approximate surface area is 433 Å². The first-order valence-electron chi connectivity index (χ1n) is 27.1. The Morgan fingerprint density at radius 3 is 1.95 bits per heavy atom. The zero-order valence-electron chi connectivity index (χ0n) is 44.1. The van der Waals surface area contributed by atoms with Crippen LogP contribution >= 0.6 is 0 Å². The molecule has 8 fully saturated rings. The third-order valence-corrected chi connectivity index (χ3v) is 21.0. The van der Waals surface area contributed by atoms with Gasteiger partial charge in [0.15, 0.2) is 18.9 Å². The van der Waals surface area contributed by atoms with Gasteiger partial charge in [-0.15, -0.1) is 0 Å². The third kappa shape index (κ3) is 9.27. The number of ether oxygens (including phenoxy) is 8. The molecule has 4 saturated heterocycles. The van der Waals surface area contributed by atoms with Crippen molar-refractivity contribution in [1.29, 1.82) is 0 Å². The van der Waals surface area contributed by atoms with E-state index in [1.54, 1.807) is 0 Å². The third-order valence-electron chi connectivity index (χ3n) is 21.0. The van der Waals surface area contributed by atoms with Crippen LogP contribution in [-0.2, 0) is 42.7 Å². The van der Waals surface area contributed by atoms with Gasteiger partial charge in [0.05, 0.1) is 37.4 Å². The van der Waals surface area contributed by atoms with E-state index < -0.39 is 147 Å². The molecule has 0 amide bonds. The number of hydrogen-bond donors (Lipinski definition) is 12. The Kier molecular flexibility index (Phi) is 15.8. The molecule has 0 bridgehead atoms. The van der Waals surface area contributed by atoms with Crippen LogP contribution in [0.2, 0.25) is 0 Å². The average Bonchev–Trinajstić information content (AvgIpc) is 3.35. The number of hydrogen-bond acceptors (Lipinski definition) is 21. The van der Waals surface area contributed by atoms with Gasteiger partial charge in [-0.3, -0.25) is 4.79 Å². The van der Waals surface area contributed by atoms with Crippen LogP contribution in [0.5, 0.6) is 0 Å². The van der Waals surface area contributed by atoms with Crippen molar-refractivity contribution in [1.82, 2.24) is 0 Å². The summed E-state index contributed by atoms with van der Waals surface area (Å²) in [5, 5.41) is 127. The van der Waals surface area contributed by atoms with Gasteiger partial charge in [0.1, 0.15) is 85.5 Å². The molecule has 27 atom stereocenters. The van der Waals surface area contributed by atoms with Crippen LogP contribution in [0.1, 0.15) is 120 Å². The van der Waals surface area contributed by atoms with Gasteiger partial charge in [0.2, 0.25) is 6.29 Å². The first kappa shape index (κ1) is 57.1. The van der Waals surface area contributed by atoms with Gasteiger partial charge >= 0.3 is 5.97 Å². The molecule has 4 saturated carbocycles. The van der Waals surface area contributed by atoms with Crippen molar-refractivity contribution >= 4 is 5.97 Å². The van der Waals surface area contributed by atoms with Crippen molar-refractivity contribution in [3.8, 4) is 0 Å². The molecular weight excluding hydrogens is 973 g/mol. The maximum Gasteiger partial charge on any atom is 0.315 e. The number of allylic oxidation sites excluding steroid dienone is 2. The smallest absolute Gasteiger partial charge is 0.315 e. The summed E-state index contributed by atoms with van der Waals surface area (Å²) in [6.45, 7) is 16.2.